The molecule has 0 saturated heterocycles. The SMILES string of the molecule is [2H]CC(C)(C)OC(=O)N[C@@H](CC(C)C)C(=O)N[C@H](C(=O)OCc1ccccc1)C(C)C. The number of hydrogen-bond acceptors (Lipinski definition) is 5. The molecule has 0 heterocycles. The number of hydrogen-bond donors (Lipinski definition) is 2. The molecule has 0 saturated carbocycles. The van der Waals surface area contributed by atoms with Crippen LogP contribution in [0.15, 0.2) is 30.3 Å². The molecule has 2 atom stereocenters. The number of benzene rings is 1. The van der Waals surface area contributed by atoms with E-state index < -0.39 is 35.7 Å². The van der Waals surface area contributed by atoms with E-state index in [0.717, 1.165) is 5.56 Å². The van der Waals surface area contributed by atoms with Crippen molar-refractivity contribution in [2.24, 2.45) is 11.8 Å². The standard InChI is InChI=1S/C23H36N2O5/c1-15(2)13-18(24-22(28)30-23(5,6)7)20(26)25-19(16(3)4)21(27)29-14-17-11-9-8-10-12-17/h8-12,15-16,18-19H,13-14H2,1-7H3,(H,24,28)(H,25,26)/t18-,19-/m0/s1/i5D. The van der Waals surface area contributed by atoms with Crippen LogP contribution in [0.4, 0.5) is 4.79 Å². The lowest BCUT2D eigenvalue weighted by molar-refractivity contribution is -0.150. The van der Waals surface area contributed by atoms with E-state index in [0.29, 0.717) is 6.42 Å². The predicted octanol–water partition coefficient (Wildman–Crippen LogP) is 3.81. The van der Waals surface area contributed by atoms with Gasteiger partial charge < -0.3 is 20.1 Å². The van der Waals surface area contributed by atoms with Crippen LogP contribution in [0.2, 0.25) is 0 Å². The van der Waals surface area contributed by atoms with Crippen molar-refractivity contribution in [3.63, 3.8) is 0 Å². The molecule has 0 aliphatic rings. The van der Waals surface area contributed by atoms with Crippen molar-refractivity contribution < 1.29 is 25.2 Å². The molecule has 0 aromatic heterocycles. The Kier molecular flexibility index (Phi) is 9.15. The normalized spacial score (nSPS) is 13.9. The summed E-state index contributed by atoms with van der Waals surface area (Å²) < 4.78 is 18.0. The summed E-state index contributed by atoms with van der Waals surface area (Å²) in [6.45, 7) is 10.7. The van der Waals surface area contributed by atoms with Crippen LogP contribution in [0.5, 0.6) is 0 Å². The molecule has 1 aromatic carbocycles. The number of amides is 2. The molecule has 2 amide bonds. The smallest absolute Gasteiger partial charge is 0.408 e. The summed E-state index contributed by atoms with van der Waals surface area (Å²) in [4.78, 5) is 37.8. The Morgan fingerprint density at radius 2 is 1.70 bits per heavy atom. The van der Waals surface area contributed by atoms with Crippen molar-refractivity contribution in [2.75, 3.05) is 0 Å². The van der Waals surface area contributed by atoms with Gasteiger partial charge in [-0.25, -0.2) is 9.59 Å². The van der Waals surface area contributed by atoms with Gasteiger partial charge in [0, 0.05) is 1.37 Å². The van der Waals surface area contributed by atoms with Crippen LogP contribution in [-0.4, -0.2) is 35.7 Å². The molecule has 0 fully saturated rings. The largest absolute Gasteiger partial charge is 0.459 e. The van der Waals surface area contributed by atoms with Crippen molar-refractivity contribution in [3.8, 4) is 0 Å². The molecule has 0 radical (unpaired) electrons. The van der Waals surface area contributed by atoms with Gasteiger partial charge in [0.2, 0.25) is 5.91 Å². The van der Waals surface area contributed by atoms with Gasteiger partial charge in [-0.2, -0.15) is 0 Å². The number of carbonyl (C=O) groups excluding carboxylic acids is 3. The van der Waals surface area contributed by atoms with E-state index in [1.54, 1.807) is 13.8 Å². The molecule has 1 rings (SSSR count). The lowest BCUT2D eigenvalue weighted by Crippen LogP contribution is -2.54. The fraction of sp³-hybridized carbons (Fsp3) is 0.609. The topological polar surface area (TPSA) is 93.7 Å². The molecular formula is C23H36N2O5. The van der Waals surface area contributed by atoms with Gasteiger partial charge in [0.25, 0.3) is 0 Å². The van der Waals surface area contributed by atoms with E-state index in [2.05, 4.69) is 10.6 Å². The van der Waals surface area contributed by atoms with Crippen molar-refractivity contribution >= 4 is 18.0 Å². The van der Waals surface area contributed by atoms with Crippen LogP contribution >= 0.6 is 0 Å². The van der Waals surface area contributed by atoms with Crippen LogP contribution in [0.1, 0.15) is 61.8 Å². The van der Waals surface area contributed by atoms with E-state index in [1.807, 2.05) is 58.0 Å². The maximum atomic E-state index is 12.9. The van der Waals surface area contributed by atoms with Crippen LogP contribution in [0.3, 0.4) is 0 Å². The Morgan fingerprint density at radius 3 is 2.23 bits per heavy atom. The molecule has 0 bridgehead atoms. The molecular weight excluding hydrogens is 384 g/mol. The minimum Gasteiger partial charge on any atom is -0.459 e. The second-order valence-electron chi connectivity index (χ2n) is 8.80. The first-order valence-corrected chi connectivity index (χ1v) is 10.2. The van der Waals surface area contributed by atoms with Gasteiger partial charge in [-0.1, -0.05) is 58.0 Å². The number of ether oxygens (including phenoxy) is 2. The summed E-state index contributed by atoms with van der Waals surface area (Å²) in [5, 5.41) is 5.29. The van der Waals surface area contributed by atoms with Gasteiger partial charge in [0.15, 0.2) is 0 Å². The van der Waals surface area contributed by atoms with Crippen LogP contribution in [-0.2, 0) is 25.7 Å². The highest BCUT2D eigenvalue weighted by molar-refractivity contribution is 5.89. The quantitative estimate of drug-likeness (QED) is 0.592. The highest BCUT2D eigenvalue weighted by Crippen LogP contribution is 2.12. The first kappa shape index (κ1) is 23.7. The minimum absolute atomic E-state index is 0.107. The Hall–Kier alpha value is -2.57. The minimum atomic E-state index is -0.968. The summed E-state index contributed by atoms with van der Waals surface area (Å²) in [5.41, 5.74) is -0.117. The predicted molar refractivity (Wildman–Crippen MR) is 116 cm³/mol. The third-order valence-electron chi connectivity index (χ3n) is 4.13. The van der Waals surface area contributed by atoms with E-state index >= 15 is 0 Å². The number of rotatable bonds is 9. The maximum Gasteiger partial charge on any atom is 0.408 e. The van der Waals surface area contributed by atoms with E-state index in [-0.39, 0.29) is 25.3 Å². The number of nitrogens with one attached hydrogen (secondary N) is 2. The lowest BCUT2D eigenvalue weighted by Gasteiger charge is -2.27. The summed E-state index contributed by atoms with van der Waals surface area (Å²) in [5.74, 6) is -1.11. The zero-order chi connectivity index (χ0) is 23.6. The molecule has 30 heavy (non-hydrogen) atoms. The molecule has 0 aliphatic heterocycles. The van der Waals surface area contributed by atoms with Crippen molar-refractivity contribution in [1.82, 2.24) is 10.6 Å². The molecule has 2 N–H and O–H groups in total. The zero-order valence-corrected chi connectivity index (χ0v) is 18.9. The van der Waals surface area contributed by atoms with Crippen molar-refractivity contribution in [3.05, 3.63) is 35.9 Å². The highest BCUT2D eigenvalue weighted by Gasteiger charge is 2.31. The van der Waals surface area contributed by atoms with E-state index in [1.165, 1.54) is 0 Å². The number of alkyl carbamates (subject to hydrolysis) is 1. The maximum absolute atomic E-state index is 12.9. The van der Waals surface area contributed by atoms with Gasteiger partial charge in [0.1, 0.15) is 24.3 Å². The third-order valence-corrected chi connectivity index (χ3v) is 4.13. The Morgan fingerprint density at radius 1 is 1.07 bits per heavy atom. The molecule has 7 heteroatoms. The molecule has 0 unspecified atom stereocenters. The summed E-state index contributed by atoms with van der Waals surface area (Å²) >= 11 is 0. The fourth-order valence-electron chi connectivity index (χ4n) is 2.70. The summed E-state index contributed by atoms with van der Waals surface area (Å²) in [6.07, 6.45) is -0.405. The van der Waals surface area contributed by atoms with Crippen LogP contribution in [0, 0.1) is 11.8 Å². The molecule has 0 aliphatic carbocycles. The average Bonchev–Trinajstić information content (AvgIpc) is 2.69. The average molecular weight is 422 g/mol. The Labute approximate surface area is 181 Å². The van der Waals surface area contributed by atoms with Crippen LogP contribution < -0.4 is 10.6 Å². The third kappa shape index (κ3) is 9.76. The molecule has 168 valence electrons. The molecule has 7 nitrogen and oxygen atoms in total. The lowest BCUT2D eigenvalue weighted by atomic mass is 10.0. The first-order valence-electron chi connectivity index (χ1n) is 11.0. The Balaban J connectivity index is 2.81. The van der Waals surface area contributed by atoms with Gasteiger partial charge >= 0.3 is 12.1 Å². The Bertz CT molecular complexity index is 722. The molecule has 1 aromatic rings. The van der Waals surface area contributed by atoms with E-state index in [4.69, 9.17) is 10.8 Å². The van der Waals surface area contributed by atoms with Crippen LogP contribution in [0.25, 0.3) is 0 Å². The second-order valence-corrected chi connectivity index (χ2v) is 8.80. The van der Waals surface area contributed by atoms with Gasteiger partial charge in [-0.05, 0) is 44.6 Å². The monoisotopic (exact) mass is 421 g/mol. The van der Waals surface area contributed by atoms with Crippen molar-refractivity contribution in [1.29, 1.82) is 0 Å². The first-order chi connectivity index (χ1) is 14.4. The van der Waals surface area contributed by atoms with Gasteiger partial charge in [0.05, 0.1) is 0 Å². The zero-order valence-electron chi connectivity index (χ0n) is 19.9. The second kappa shape index (κ2) is 11.6. The highest BCUT2D eigenvalue weighted by atomic mass is 16.6. The summed E-state index contributed by atoms with van der Waals surface area (Å²) in [7, 11) is 0. The number of esters is 1. The van der Waals surface area contributed by atoms with Gasteiger partial charge in [-0.3, -0.25) is 4.79 Å². The van der Waals surface area contributed by atoms with Crippen molar-refractivity contribution in [2.45, 2.75) is 79.2 Å². The summed E-state index contributed by atoms with van der Waals surface area (Å²) in [6, 6.07) is 7.56. The van der Waals surface area contributed by atoms with E-state index in [9.17, 15) is 14.4 Å². The fourth-order valence-corrected chi connectivity index (χ4v) is 2.70. The van der Waals surface area contributed by atoms with Gasteiger partial charge in [-0.15, -0.1) is 0 Å². The number of carbonyl (C=O) groups is 3. The molecule has 0 spiro atoms.